The zero-order chi connectivity index (χ0) is 20.6. The molecular formula is C21H31BO4S. The second-order valence-electron chi connectivity index (χ2n) is 9.11. The molecule has 1 heterocycles. The molecule has 1 aromatic rings. The van der Waals surface area contributed by atoms with Crippen LogP contribution in [0.2, 0.25) is 0 Å². The Hall–Kier alpha value is -1.24. The molecule has 6 heteroatoms. The van der Waals surface area contributed by atoms with Gasteiger partial charge in [-0.1, -0.05) is 44.7 Å². The number of thioether (sulfide) groups is 1. The molecule has 2 rings (SSSR count). The van der Waals surface area contributed by atoms with Crippen molar-refractivity contribution >= 4 is 30.1 Å². The van der Waals surface area contributed by atoms with Gasteiger partial charge in [0.05, 0.1) is 11.2 Å². The van der Waals surface area contributed by atoms with E-state index in [4.69, 9.17) is 9.31 Å². The monoisotopic (exact) mass is 390 g/mol. The molecule has 1 aromatic carbocycles. The van der Waals surface area contributed by atoms with Gasteiger partial charge < -0.3 is 14.4 Å². The molecule has 1 aliphatic rings. The molecule has 0 unspecified atom stereocenters. The van der Waals surface area contributed by atoms with Crippen LogP contribution in [0.15, 0.2) is 23.7 Å². The van der Waals surface area contributed by atoms with Crippen LogP contribution in [0.25, 0.3) is 6.08 Å². The third-order valence-corrected chi connectivity index (χ3v) is 6.12. The van der Waals surface area contributed by atoms with Gasteiger partial charge in [0.2, 0.25) is 0 Å². The van der Waals surface area contributed by atoms with Crippen molar-refractivity contribution in [2.24, 2.45) is 0 Å². The normalized spacial score (nSPS) is 19.4. The summed E-state index contributed by atoms with van der Waals surface area (Å²) in [6.45, 7) is 15.9. The molecule has 0 atom stereocenters. The van der Waals surface area contributed by atoms with Crippen molar-refractivity contribution in [1.29, 1.82) is 0 Å². The van der Waals surface area contributed by atoms with E-state index >= 15 is 0 Å². The van der Waals surface area contributed by atoms with E-state index in [1.807, 2.05) is 45.9 Å². The lowest BCUT2D eigenvalue weighted by atomic mass is 9.77. The van der Waals surface area contributed by atoms with Crippen LogP contribution in [0, 0.1) is 0 Å². The minimum Gasteiger partial charge on any atom is -0.507 e. The van der Waals surface area contributed by atoms with Crippen LogP contribution in [0.5, 0.6) is 5.75 Å². The third kappa shape index (κ3) is 5.18. The second-order valence-corrected chi connectivity index (χ2v) is 10.3. The van der Waals surface area contributed by atoms with Crippen LogP contribution in [0.1, 0.15) is 66.5 Å². The minimum absolute atomic E-state index is 0.0325. The quantitative estimate of drug-likeness (QED) is 0.735. The molecule has 0 spiro atoms. The predicted octanol–water partition coefficient (Wildman–Crippen LogP) is 4.98. The highest BCUT2D eigenvalue weighted by molar-refractivity contribution is 8.13. The maximum Gasteiger partial charge on any atom is 0.491 e. The number of aromatic hydroxyl groups is 1. The summed E-state index contributed by atoms with van der Waals surface area (Å²) in [6, 6.07) is 5.64. The molecule has 1 saturated heterocycles. The van der Waals surface area contributed by atoms with E-state index in [9.17, 15) is 9.90 Å². The SMILES string of the molecule is CC(=O)SCC(=Cc1cc(C(C)(C)C)ccc1O)B1OC(C)(C)C(C)(C)O1. The maximum absolute atomic E-state index is 11.5. The Balaban J connectivity index is 2.45. The molecule has 4 nitrogen and oxygen atoms in total. The zero-order valence-electron chi connectivity index (χ0n) is 17.7. The fourth-order valence-electron chi connectivity index (χ4n) is 2.69. The number of phenols is 1. The molecule has 1 fully saturated rings. The molecule has 0 saturated carbocycles. The lowest BCUT2D eigenvalue weighted by molar-refractivity contribution is -0.109. The first-order valence-corrected chi connectivity index (χ1v) is 10.2. The van der Waals surface area contributed by atoms with Gasteiger partial charge in [0.25, 0.3) is 0 Å². The van der Waals surface area contributed by atoms with Crippen molar-refractivity contribution in [3.8, 4) is 5.75 Å². The predicted molar refractivity (Wildman–Crippen MR) is 114 cm³/mol. The number of rotatable bonds is 4. The van der Waals surface area contributed by atoms with Crippen LogP contribution in [0.4, 0.5) is 0 Å². The largest absolute Gasteiger partial charge is 0.507 e. The van der Waals surface area contributed by atoms with Crippen molar-refractivity contribution in [1.82, 2.24) is 0 Å². The van der Waals surface area contributed by atoms with E-state index in [0.717, 1.165) is 11.0 Å². The third-order valence-electron chi connectivity index (χ3n) is 5.23. The van der Waals surface area contributed by atoms with Gasteiger partial charge in [0, 0.05) is 18.2 Å². The Morgan fingerprint density at radius 2 is 1.74 bits per heavy atom. The van der Waals surface area contributed by atoms with E-state index in [1.165, 1.54) is 11.8 Å². The van der Waals surface area contributed by atoms with Crippen molar-refractivity contribution in [3.05, 3.63) is 34.8 Å². The van der Waals surface area contributed by atoms with Crippen molar-refractivity contribution in [2.45, 2.75) is 72.0 Å². The molecule has 0 aromatic heterocycles. The van der Waals surface area contributed by atoms with E-state index in [2.05, 4.69) is 20.8 Å². The highest BCUT2D eigenvalue weighted by atomic mass is 32.2. The van der Waals surface area contributed by atoms with E-state index < -0.39 is 18.3 Å². The second kappa shape index (κ2) is 7.65. The Labute approximate surface area is 167 Å². The Morgan fingerprint density at radius 1 is 1.19 bits per heavy atom. The smallest absolute Gasteiger partial charge is 0.491 e. The van der Waals surface area contributed by atoms with Crippen molar-refractivity contribution < 1.29 is 19.2 Å². The van der Waals surface area contributed by atoms with Gasteiger partial charge in [-0.05, 0) is 56.3 Å². The number of carbonyl (C=O) groups excluding carboxylic acids is 1. The van der Waals surface area contributed by atoms with Gasteiger partial charge in [0.1, 0.15) is 5.75 Å². The summed E-state index contributed by atoms with van der Waals surface area (Å²) in [4.78, 5) is 11.5. The fraction of sp³-hybridized carbons (Fsp3) is 0.571. The number of hydrogen-bond donors (Lipinski definition) is 1. The zero-order valence-corrected chi connectivity index (χ0v) is 18.5. The Kier molecular flexibility index (Phi) is 6.25. The van der Waals surface area contributed by atoms with Gasteiger partial charge in [-0.15, -0.1) is 0 Å². The van der Waals surface area contributed by atoms with Gasteiger partial charge in [0.15, 0.2) is 5.12 Å². The van der Waals surface area contributed by atoms with E-state index in [-0.39, 0.29) is 16.3 Å². The summed E-state index contributed by atoms with van der Waals surface area (Å²) in [5.41, 5.74) is 1.69. The summed E-state index contributed by atoms with van der Waals surface area (Å²) in [5.74, 6) is 0.649. The number of benzene rings is 1. The molecule has 1 aliphatic heterocycles. The van der Waals surface area contributed by atoms with Crippen LogP contribution < -0.4 is 0 Å². The summed E-state index contributed by atoms with van der Waals surface area (Å²) >= 11 is 1.21. The number of hydrogen-bond acceptors (Lipinski definition) is 5. The first kappa shape index (κ1) is 22.1. The fourth-order valence-corrected chi connectivity index (χ4v) is 3.28. The summed E-state index contributed by atoms with van der Waals surface area (Å²) in [7, 11) is -0.556. The summed E-state index contributed by atoms with van der Waals surface area (Å²) in [6.07, 6.45) is 1.89. The van der Waals surface area contributed by atoms with Gasteiger partial charge in [-0.3, -0.25) is 4.79 Å². The van der Waals surface area contributed by atoms with E-state index in [1.54, 1.807) is 13.0 Å². The highest BCUT2D eigenvalue weighted by Gasteiger charge is 2.52. The highest BCUT2D eigenvalue weighted by Crippen LogP contribution is 2.40. The lowest BCUT2D eigenvalue weighted by Crippen LogP contribution is -2.41. The Bertz CT molecular complexity index is 731. The first-order chi connectivity index (χ1) is 12.2. The molecule has 148 valence electrons. The van der Waals surface area contributed by atoms with Crippen LogP contribution in [-0.4, -0.2) is 34.3 Å². The minimum atomic E-state index is -0.556. The Morgan fingerprint density at radius 3 is 2.22 bits per heavy atom. The number of carbonyl (C=O) groups is 1. The van der Waals surface area contributed by atoms with Gasteiger partial charge in [-0.2, -0.15) is 0 Å². The van der Waals surface area contributed by atoms with Gasteiger partial charge >= 0.3 is 7.12 Å². The van der Waals surface area contributed by atoms with Crippen LogP contribution in [-0.2, 0) is 19.5 Å². The number of phenolic OH excluding ortho intramolecular Hbond substituents is 1. The van der Waals surface area contributed by atoms with Crippen LogP contribution >= 0.6 is 11.8 Å². The maximum atomic E-state index is 11.5. The average Bonchev–Trinajstić information content (AvgIpc) is 2.72. The molecule has 0 amide bonds. The van der Waals surface area contributed by atoms with Crippen molar-refractivity contribution in [2.75, 3.05) is 5.75 Å². The topological polar surface area (TPSA) is 55.8 Å². The lowest BCUT2D eigenvalue weighted by Gasteiger charge is -2.32. The summed E-state index contributed by atoms with van der Waals surface area (Å²) in [5, 5.41) is 10.4. The summed E-state index contributed by atoms with van der Waals surface area (Å²) < 4.78 is 12.3. The average molecular weight is 390 g/mol. The molecule has 1 N–H and O–H groups in total. The molecule has 0 bridgehead atoms. The standard InChI is InChI=1S/C21H31BO4S/c1-14(23)27-13-17(22-25-20(5,6)21(7,8)26-22)12-15-11-16(19(2,3)4)9-10-18(15)24/h9-12,24H,13H2,1-8H3. The first-order valence-electron chi connectivity index (χ1n) is 9.26. The van der Waals surface area contributed by atoms with E-state index in [0.29, 0.717) is 11.3 Å². The molecular weight excluding hydrogens is 359 g/mol. The molecule has 27 heavy (non-hydrogen) atoms. The molecule has 0 radical (unpaired) electrons. The van der Waals surface area contributed by atoms with Crippen LogP contribution in [0.3, 0.4) is 0 Å². The van der Waals surface area contributed by atoms with Gasteiger partial charge in [-0.25, -0.2) is 0 Å². The molecule has 0 aliphatic carbocycles. The van der Waals surface area contributed by atoms with Crippen molar-refractivity contribution in [3.63, 3.8) is 0 Å².